The van der Waals surface area contributed by atoms with Gasteiger partial charge in [-0.25, -0.2) is 8.42 Å². The molecule has 0 bridgehead atoms. The van der Waals surface area contributed by atoms with Crippen LogP contribution in [0.15, 0.2) is 53.4 Å². The minimum absolute atomic E-state index is 0.112. The van der Waals surface area contributed by atoms with E-state index in [2.05, 4.69) is 5.32 Å². The molecule has 0 spiro atoms. The number of hydrogen-bond donors (Lipinski definition) is 1. The first-order valence-electron chi connectivity index (χ1n) is 8.91. The lowest BCUT2D eigenvalue weighted by molar-refractivity contribution is -0.121. The third-order valence-electron chi connectivity index (χ3n) is 4.07. The van der Waals surface area contributed by atoms with Gasteiger partial charge < -0.3 is 5.32 Å². The number of rotatable bonds is 9. The zero-order valence-corrected chi connectivity index (χ0v) is 17.2. The molecule has 7 heteroatoms. The fourth-order valence-electron chi connectivity index (χ4n) is 2.62. The Balaban J connectivity index is 2.27. The third kappa shape index (κ3) is 6.34. The van der Waals surface area contributed by atoms with Crippen molar-refractivity contribution in [3.8, 4) is 0 Å². The van der Waals surface area contributed by atoms with Crippen LogP contribution < -0.4 is 5.32 Å². The number of aryl methyl sites for hydroxylation is 1. The molecule has 2 aromatic carbocycles. The molecule has 0 heterocycles. The molecule has 0 saturated carbocycles. The van der Waals surface area contributed by atoms with Gasteiger partial charge in [-0.1, -0.05) is 54.8 Å². The maximum atomic E-state index is 13.1. The number of nitrogens with zero attached hydrogens (tertiary/aromatic N) is 1. The standard InChI is InChI=1S/C20H25ClN2O3S/c1-3-4-12-22-20(24)15-23(14-17-7-5-6-16(2)13-17)27(25,26)19-10-8-18(21)9-11-19/h5-11,13H,3-4,12,14-15H2,1-2H3,(H,22,24). The first kappa shape index (κ1) is 21.4. The highest BCUT2D eigenvalue weighted by atomic mass is 35.5. The quantitative estimate of drug-likeness (QED) is 0.642. The van der Waals surface area contributed by atoms with Crippen molar-refractivity contribution >= 4 is 27.5 Å². The Morgan fingerprint density at radius 1 is 1.15 bits per heavy atom. The lowest BCUT2D eigenvalue weighted by Gasteiger charge is -2.22. The average Bonchev–Trinajstić information content (AvgIpc) is 2.62. The number of unbranched alkanes of at least 4 members (excludes halogenated alkanes) is 1. The second-order valence-corrected chi connectivity index (χ2v) is 8.79. The fourth-order valence-corrected chi connectivity index (χ4v) is 4.13. The molecule has 0 unspecified atom stereocenters. The van der Waals surface area contributed by atoms with Crippen LogP contribution in [0.2, 0.25) is 5.02 Å². The van der Waals surface area contributed by atoms with Crippen LogP contribution in [0.25, 0.3) is 0 Å². The predicted molar refractivity (Wildman–Crippen MR) is 108 cm³/mol. The van der Waals surface area contributed by atoms with Gasteiger partial charge in [-0.2, -0.15) is 4.31 Å². The molecule has 0 aliphatic heterocycles. The van der Waals surface area contributed by atoms with Gasteiger partial charge in [0, 0.05) is 18.1 Å². The molecule has 146 valence electrons. The van der Waals surface area contributed by atoms with Crippen LogP contribution >= 0.6 is 11.6 Å². The van der Waals surface area contributed by atoms with Crippen molar-refractivity contribution in [2.24, 2.45) is 0 Å². The summed E-state index contributed by atoms with van der Waals surface area (Å²) in [7, 11) is -3.84. The fraction of sp³-hybridized carbons (Fsp3) is 0.350. The molecule has 2 rings (SSSR count). The maximum Gasteiger partial charge on any atom is 0.243 e. The summed E-state index contributed by atoms with van der Waals surface area (Å²) in [5, 5.41) is 3.23. The Morgan fingerprint density at radius 2 is 1.85 bits per heavy atom. The molecule has 0 aliphatic carbocycles. The largest absolute Gasteiger partial charge is 0.355 e. The van der Waals surface area contributed by atoms with Crippen LogP contribution in [0.3, 0.4) is 0 Å². The summed E-state index contributed by atoms with van der Waals surface area (Å²) in [6.07, 6.45) is 1.81. The van der Waals surface area contributed by atoms with Gasteiger partial charge in [0.05, 0.1) is 11.4 Å². The van der Waals surface area contributed by atoms with Gasteiger partial charge in [0.1, 0.15) is 0 Å². The average molecular weight is 409 g/mol. The topological polar surface area (TPSA) is 66.5 Å². The number of benzene rings is 2. The van der Waals surface area contributed by atoms with Crippen molar-refractivity contribution in [2.75, 3.05) is 13.1 Å². The molecule has 1 N–H and O–H groups in total. The van der Waals surface area contributed by atoms with E-state index < -0.39 is 10.0 Å². The van der Waals surface area contributed by atoms with Crippen LogP contribution in [0.4, 0.5) is 0 Å². The highest BCUT2D eigenvalue weighted by molar-refractivity contribution is 7.89. The van der Waals surface area contributed by atoms with Gasteiger partial charge in [-0.15, -0.1) is 0 Å². The van der Waals surface area contributed by atoms with Crippen molar-refractivity contribution in [1.29, 1.82) is 0 Å². The zero-order valence-electron chi connectivity index (χ0n) is 15.6. The third-order valence-corrected chi connectivity index (χ3v) is 6.12. The van der Waals surface area contributed by atoms with Crippen LogP contribution in [0.1, 0.15) is 30.9 Å². The van der Waals surface area contributed by atoms with Gasteiger partial charge >= 0.3 is 0 Å². The minimum Gasteiger partial charge on any atom is -0.355 e. The molecule has 0 fully saturated rings. The van der Waals surface area contributed by atoms with Crippen molar-refractivity contribution in [2.45, 2.75) is 38.1 Å². The number of carbonyl (C=O) groups excluding carboxylic acids is 1. The van der Waals surface area contributed by atoms with Gasteiger partial charge in [-0.05, 0) is 43.2 Å². The summed E-state index contributed by atoms with van der Waals surface area (Å²) >= 11 is 5.87. The van der Waals surface area contributed by atoms with E-state index in [9.17, 15) is 13.2 Å². The van der Waals surface area contributed by atoms with Gasteiger partial charge in [0.25, 0.3) is 0 Å². The summed E-state index contributed by atoms with van der Waals surface area (Å²) in [5.41, 5.74) is 1.86. The predicted octanol–water partition coefficient (Wildman–Crippen LogP) is 3.76. The maximum absolute atomic E-state index is 13.1. The van der Waals surface area contributed by atoms with Crippen LogP contribution in [0.5, 0.6) is 0 Å². The summed E-state index contributed by atoms with van der Waals surface area (Å²) < 4.78 is 27.4. The summed E-state index contributed by atoms with van der Waals surface area (Å²) in [6.45, 7) is 4.39. The molecule has 2 aromatic rings. The second-order valence-electron chi connectivity index (χ2n) is 6.42. The van der Waals surface area contributed by atoms with Gasteiger partial charge in [0.15, 0.2) is 0 Å². The lowest BCUT2D eigenvalue weighted by atomic mass is 10.1. The van der Waals surface area contributed by atoms with Crippen molar-refractivity contribution in [1.82, 2.24) is 9.62 Å². The highest BCUT2D eigenvalue weighted by Gasteiger charge is 2.26. The number of halogens is 1. The van der Waals surface area contributed by atoms with E-state index in [1.165, 1.54) is 28.6 Å². The SMILES string of the molecule is CCCCNC(=O)CN(Cc1cccc(C)c1)S(=O)(=O)c1ccc(Cl)cc1. The molecular formula is C20H25ClN2O3S. The van der Waals surface area contributed by atoms with E-state index in [0.717, 1.165) is 24.0 Å². The Bertz CT molecular complexity index is 867. The normalized spacial score (nSPS) is 11.6. The van der Waals surface area contributed by atoms with E-state index in [4.69, 9.17) is 11.6 Å². The minimum atomic E-state index is -3.84. The lowest BCUT2D eigenvalue weighted by Crippen LogP contribution is -2.40. The van der Waals surface area contributed by atoms with E-state index in [0.29, 0.717) is 11.6 Å². The summed E-state index contributed by atoms with van der Waals surface area (Å²) in [4.78, 5) is 12.4. The Kier molecular flexibility index (Phi) is 7.83. The molecule has 0 saturated heterocycles. The van der Waals surface area contributed by atoms with E-state index in [1.54, 1.807) is 0 Å². The smallest absolute Gasteiger partial charge is 0.243 e. The molecular weight excluding hydrogens is 384 g/mol. The Hall–Kier alpha value is -1.89. The Morgan fingerprint density at radius 3 is 2.48 bits per heavy atom. The molecule has 27 heavy (non-hydrogen) atoms. The van der Waals surface area contributed by atoms with Crippen LogP contribution in [0, 0.1) is 6.92 Å². The first-order valence-corrected chi connectivity index (χ1v) is 10.7. The number of sulfonamides is 1. The van der Waals surface area contributed by atoms with Gasteiger partial charge in [0.2, 0.25) is 15.9 Å². The molecule has 0 radical (unpaired) electrons. The number of nitrogens with one attached hydrogen (secondary N) is 1. The van der Waals surface area contributed by atoms with Crippen molar-refractivity contribution in [3.05, 3.63) is 64.7 Å². The van der Waals surface area contributed by atoms with Crippen LogP contribution in [-0.4, -0.2) is 31.7 Å². The highest BCUT2D eigenvalue weighted by Crippen LogP contribution is 2.20. The summed E-state index contributed by atoms with van der Waals surface area (Å²) in [5.74, 6) is -0.311. The Labute approximate surface area is 166 Å². The van der Waals surface area contributed by atoms with Gasteiger partial charge in [-0.3, -0.25) is 4.79 Å². The van der Waals surface area contributed by atoms with Crippen LogP contribution in [-0.2, 0) is 21.4 Å². The zero-order chi connectivity index (χ0) is 19.9. The van der Waals surface area contributed by atoms with E-state index in [-0.39, 0.29) is 23.9 Å². The van der Waals surface area contributed by atoms with E-state index >= 15 is 0 Å². The number of amides is 1. The first-order chi connectivity index (χ1) is 12.8. The van der Waals surface area contributed by atoms with Crippen molar-refractivity contribution in [3.63, 3.8) is 0 Å². The van der Waals surface area contributed by atoms with Crippen molar-refractivity contribution < 1.29 is 13.2 Å². The molecule has 0 aliphatic rings. The molecule has 0 aromatic heterocycles. The molecule has 0 atom stereocenters. The summed E-state index contributed by atoms with van der Waals surface area (Å²) in [6, 6.07) is 13.6. The number of hydrogen-bond acceptors (Lipinski definition) is 3. The molecule has 5 nitrogen and oxygen atoms in total. The van der Waals surface area contributed by atoms with E-state index in [1.807, 2.05) is 38.1 Å². The second kappa shape index (κ2) is 9.88. The monoisotopic (exact) mass is 408 g/mol. The molecule has 1 amide bonds. The number of carbonyl (C=O) groups is 1.